The summed E-state index contributed by atoms with van der Waals surface area (Å²) in [6, 6.07) is 1.85. The van der Waals surface area contributed by atoms with Gasteiger partial charge in [0.05, 0.1) is 15.9 Å². The molecule has 1 aliphatic rings. The number of carbonyl (C=O) groups is 1. The second kappa shape index (κ2) is 6.20. The summed E-state index contributed by atoms with van der Waals surface area (Å²) >= 11 is 1.36. The van der Waals surface area contributed by atoms with Gasteiger partial charge in [0, 0.05) is 13.1 Å². The van der Waals surface area contributed by atoms with Gasteiger partial charge in [0.15, 0.2) is 0 Å². The summed E-state index contributed by atoms with van der Waals surface area (Å²) in [6.45, 7) is 2.95. The number of carbonyl (C=O) groups excluding carboxylic acids is 1. The Balaban J connectivity index is 2.11. The molecule has 1 aliphatic heterocycles. The minimum absolute atomic E-state index is 0.0112. The average molecular weight is 279 g/mol. The van der Waals surface area contributed by atoms with E-state index in [0.717, 1.165) is 10.4 Å². The summed E-state index contributed by atoms with van der Waals surface area (Å²) in [4.78, 5) is 15.6. The molecule has 4 nitrogen and oxygen atoms in total. The van der Waals surface area contributed by atoms with Crippen LogP contribution in [0.4, 0.5) is 0 Å². The Kier molecular flexibility index (Phi) is 4.59. The highest BCUT2D eigenvalue weighted by atomic mass is 32.1. The molecular formula is C14H17NO3S. The smallest absolute Gasteiger partial charge is 0.263 e. The molecule has 0 spiro atoms. The number of nitrogens with zero attached hydrogens (tertiary/aromatic N) is 1. The summed E-state index contributed by atoms with van der Waals surface area (Å²) in [6.07, 6.45) is 1.01. The van der Waals surface area contributed by atoms with Crippen LogP contribution >= 0.6 is 11.3 Å². The normalized spacial score (nSPS) is 16.1. The zero-order valence-electron chi connectivity index (χ0n) is 10.8. The molecule has 2 N–H and O–H groups in total. The lowest BCUT2D eigenvalue weighted by Gasteiger charge is -2.29. The zero-order valence-corrected chi connectivity index (χ0v) is 11.7. The molecule has 1 saturated heterocycles. The molecule has 0 unspecified atom stereocenters. The molecule has 102 valence electrons. The van der Waals surface area contributed by atoms with Crippen LogP contribution in [0.15, 0.2) is 6.07 Å². The minimum atomic E-state index is -0.278. The number of aliphatic hydroxyl groups excluding tert-OH is 2. The van der Waals surface area contributed by atoms with E-state index < -0.39 is 0 Å². The highest BCUT2D eigenvalue weighted by Crippen LogP contribution is 2.23. The summed E-state index contributed by atoms with van der Waals surface area (Å²) in [5, 5.41) is 18.1. The van der Waals surface area contributed by atoms with Crippen molar-refractivity contribution in [3.63, 3.8) is 0 Å². The number of aliphatic hydroxyl groups is 2. The van der Waals surface area contributed by atoms with Crippen LogP contribution in [0.3, 0.4) is 0 Å². The van der Waals surface area contributed by atoms with Crippen LogP contribution < -0.4 is 0 Å². The second-order valence-electron chi connectivity index (χ2n) is 4.61. The van der Waals surface area contributed by atoms with Crippen molar-refractivity contribution in [2.24, 2.45) is 0 Å². The topological polar surface area (TPSA) is 60.8 Å². The predicted molar refractivity (Wildman–Crippen MR) is 74.2 cm³/mol. The second-order valence-corrected chi connectivity index (χ2v) is 5.66. The number of amides is 1. The summed E-state index contributed by atoms with van der Waals surface area (Å²) in [5.41, 5.74) is 0.964. The maximum atomic E-state index is 12.3. The van der Waals surface area contributed by atoms with E-state index in [1.54, 1.807) is 4.90 Å². The first-order valence-electron chi connectivity index (χ1n) is 6.29. The highest BCUT2D eigenvalue weighted by Gasteiger charge is 2.23. The lowest BCUT2D eigenvalue weighted by atomic mass is 10.1. The Hall–Kier alpha value is -1.35. The quantitative estimate of drug-likeness (QED) is 0.754. The Morgan fingerprint density at radius 2 is 2.21 bits per heavy atom. The van der Waals surface area contributed by atoms with Crippen LogP contribution in [0.2, 0.25) is 0 Å². The fourth-order valence-electron chi connectivity index (χ4n) is 2.06. The lowest BCUT2D eigenvalue weighted by molar-refractivity contribution is 0.0550. The molecule has 2 rings (SSSR count). The van der Waals surface area contributed by atoms with Gasteiger partial charge in [-0.1, -0.05) is 11.8 Å². The van der Waals surface area contributed by atoms with Gasteiger partial charge in [-0.05, 0) is 31.4 Å². The van der Waals surface area contributed by atoms with E-state index in [2.05, 4.69) is 11.8 Å². The van der Waals surface area contributed by atoms with Crippen molar-refractivity contribution in [2.45, 2.75) is 25.9 Å². The minimum Gasteiger partial charge on any atom is -0.393 e. The Morgan fingerprint density at radius 1 is 1.53 bits per heavy atom. The molecule has 0 aliphatic carbocycles. The molecular weight excluding hydrogens is 262 g/mol. The SMILES string of the molecule is Cc1cc(C(=O)N2CCC(O)CC2)sc1C#CCO. The van der Waals surface area contributed by atoms with Crippen LogP contribution in [-0.4, -0.2) is 46.8 Å². The molecule has 19 heavy (non-hydrogen) atoms. The Morgan fingerprint density at radius 3 is 2.84 bits per heavy atom. The molecule has 0 atom stereocenters. The predicted octanol–water partition coefficient (Wildman–Crippen LogP) is 0.997. The molecule has 5 heteroatoms. The van der Waals surface area contributed by atoms with Crippen molar-refractivity contribution in [3.8, 4) is 11.8 Å². The van der Waals surface area contributed by atoms with E-state index in [9.17, 15) is 9.90 Å². The molecule has 1 aromatic heterocycles. The molecule has 0 saturated carbocycles. The third-order valence-corrected chi connectivity index (χ3v) is 4.30. The maximum Gasteiger partial charge on any atom is 0.263 e. The van der Waals surface area contributed by atoms with Gasteiger partial charge in [-0.3, -0.25) is 4.79 Å². The van der Waals surface area contributed by atoms with Crippen LogP contribution in [0.25, 0.3) is 0 Å². The van der Waals surface area contributed by atoms with Crippen molar-refractivity contribution in [1.29, 1.82) is 0 Å². The third-order valence-electron chi connectivity index (χ3n) is 3.16. The van der Waals surface area contributed by atoms with Crippen LogP contribution in [0, 0.1) is 18.8 Å². The summed E-state index contributed by atoms with van der Waals surface area (Å²) < 4.78 is 0. The van der Waals surface area contributed by atoms with Crippen molar-refractivity contribution in [1.82, 2.24) is 4.90 Å². The van der Waals surface area contributed by atoms with Gasteiger partial charge in [0.1, 0.15) is 6.61 Å². The number of rotatable bonds is 1. The number of thiophene rings is 1. The van der Waals surface area contributed by atoms with E-state index in [0.29, 0.717) is 30.8 Å². The van der Waals surface area contributed by atoms with Gasteiger partial charge in [0.2, 0.25) is 0 Å². The molecule has 2 heterocycles. The fourth-order valence-corrected chi connectivity index (χ4v) is 3.07. The van der Waals surface area contributed by atoms with Gasteiger partial charge in [-0.15, -0.1) is 11.3 Å². The van der Waals surface area contributed by atoms with Gasteiger partial charge in [-0.2, -0.15) is 0 Å². The Bertz CT molecular complexity index is 519. The maximum absolute atomic E-state index is 12.3. The van der Waals surface area contributed by atoms with E-state index in [4.69, 9.17) is 5.11 Å². The zero-order chi connectivity index (χ0) is 13.8. The van der Waals surface area contributed by atoms with Gasteiger partial charge < -0.3 is 15.1 Å². The molecule has 1 aromatic rings. The van der Waals surface area contributed by atoms with Crippen molar-refractivity contribution in [3.05, 3.63) is 21.4 Å². The Labute approximate surface area is 116 Å². The van der Waals surface area contributed by atoms with Crippen LogP contribution in [0.5, 0.6) is 0 Å². The monoisotopic (exact) mass is 279 g/mol. The molecule has 0 radical (unpaired) electrons. The third kappa shape index (κ3) is 3.35. The first-order chi connectivity index (χ1) is 9.11. The molecule has 1 amide bonds. The van der Waals surface area contributed by atoms with Gasteiger partial charge in [0.25, 0.3) is 5.91 Å². The molecule has 0 bridgehead atoms. The lowest BCUT2D eigenvalue weighted by Crippen LogP contribution is -2.39. The first-order valence-corrected chi connectivity index (χ1v) is 7.11. The number of likely N-dealkylation sites (tertiary alicyclic amines) is 1. The van der Waals surface area contributed by atoms with Crippen molar-refractivity contribution < 1.29 is 15.0 Å². The highest BCUT2D eigenvalue weighted by molar-refractivity contribution is 7.14. The van der Waals surface area contributed by atoms with Crippen molar-refractivity contribution in [2.75, 3.05) is 19.7 Å². The van der Waals surface area contributed by atoms with E-state index in [-0.39, 0.29) is 18.6 Å². The fraction of sp³-hybridized carbons (Fsp3) is 0.500. The number of aryl methyl sites for hydroxylation is 1. The van der Waals surface area contributed by atoms with E-state index in [1.807, 2.05) is 13.0 Å². The van der Waals surface area contributed by atoms with Gasteiger partial charge in [-0.25, -0.2) is 0 Å². The van der Waals surface area contributed by atoms with Crippen molar-refractivity contribution >= 4 is 17.2 Å². The van der Waals surface area contributed by atoms with Crippen LogP contribution in [0.1, 0.15) is 33.0 Å². The molecule has 0 aromatic carbocycles. The van der Waals surface area contributed by atoms with E-state index in [1.165, 1.54) is 11.3 Å². The number of hydrogen-bond acceptors (Lipinski definition) is 4. The van der Waals surface area contributed by atoms with Gasteiger partial charge >= 0.3 is 0 Å². The first kappa shape index (κ1) is 14.1. The summed E-state index contributed by atoms with van der Waals surface area (Å²) in [7, 11) is 0. The average Bonchev–Trinajstić information content (AvgIpc) is 2.78. The largest absolute Gasteiger partial charge is 0.393 e. The molecule has 1 fully saturated rings. The number of hydrogen-bond donors (Lipinski definition) is 2. The summed E-state index contributed by atoms with van der Waals surface area (Å²) in [5.74, 6) is 5.47. The van der Waals surface area contributed by atoms with Crippen LogP contribution in [-0.2, 0) is 0 Å². The number of piperidine rings is 1. The standard InChI is InChI=1S/C14H17NO3S/c1-10-9-13(19-12(10)3-2-8-16)14(18)15-6-4-11(17)5-7-15/h9,11,16-17H,4-8H2,1H3. The van der Waals surface area contributed by atoms with E-state index >= 15 is 0 Å².